The van der Waals surface area contributed by atoms with Gasteiger partial charge in [-0.1, -0.05) is 12.8 Å². The van der Waals surface area contributed by atoms with Gasteiger partial charge in [-0.3, -0.25) is 14.3 Å². The van der Waals surface area contributed by atoms with E-state index in [0.29, 0.717) is 19.0 Å². The highest BCUT2D eigenvalue weighted by molar-refractivity contribution is 5.79. The fraction of sp³-hybridized carbons (Fsp3) is 0.706. The molecule has 1 aliphatic heterocycles. The van der Waals surface area contributed by atoms with Crippen molar-refractivity contribution >= 4 is 11.8 Å². The highest BCUT2D eigenvalue weighted by Crippen LogP contribution is 2.29. The van der Waals surface area contributed by atoms with Crippen LogP contribution in [0.4, 0.5) is 0 Å². The minimum absolute atomic E-state index is 0.0415. The molecule has 1 aromatic heterocycles. The minimum Gasteiger partial charge on any atom is -0.344 e. The molecule has 1 aromatic rings. The standard InChI is InChI=1S/C17H26N4O2/c1-13-7-8-20(18-13)12-17(23)19(2)10-14-9-16(22)21(11-14)15-5-3-4-6-15/h7-8,14-15H,3-6,9-12H2,1-2H3/t14-/m0/s1. The first-order valence-corrected chi connectivity index (χ1v) is 8.56. The number of likely N-dealkylation sites (N-methyl/N-ethyl adjacent to an activating group) is 1. The van der Waals surface area contributed by atoms with Crippen molar-refractivity contribution in [2.24, 2.45) is 5.92 Å². The molecule has 6 nitrogen and oxygen atoms in total. The van der Waals surface area contributed by atoms with Gasteiger partial charge in [0.1, 0.15) is 6.54 Å². The van der Waals surface area contributed by atoms with Crippen molar-refractivity contribution in [1.29, 1.82) is 0 Å². The molecule has 1 saturated heterocycles. The van der Waals surface area contributed by atoms with E-state index in [1.54, 1.807) is 9.58 Å². The Morgan fingerprint density at radius 3 is 2.78 bits per heavy atom. The summed E-state index contributed by atoms with van der Waals surface area (Å²) >= 11 is 0. The van der Waals surface area contributed by atoms with Gasteiger partial charge in [-0.25, -0.2) is 0 Å². The second-order valence-corrected chi connectivity index (χ2v) is 6.98. The van der Waals surface area contributed by atoms with Crippen molar-refractivity contribution in [3.63, 3.8) is 0 Å². The lowest BCUT2D eigenvalue weighted by atomic mass is 10.1. The van der Waals surface area contributed by atoms with Gasteiger partial charge >= 0.3 is 0 Å². The Morgan fingerprint density at radius 1 is 1.39 bits per heavy atom. The molecule has 0 N–H and O–H groups in total. The molecule has 3 rings (SSSR count). The van der Waals surface area contributed by atoms with Crippen molar-refractivity contribution in [1.82, 2.24) is 19.6 Å². The number of amides is 2. The Balaban J connectivity index is 1.50. The quantitative estimate of drug-likeness (QED) is 0.825. The van der Waals surface area contributed by atoms with Gasteiger partial charge in [0, 0.05) is 44.7 Å². The Bertz CT molecular complexity index is 577. The van der Waals surface area contributed by atoms with Gasteiger partial charge in [0.2, 0.25) is 11.8 Å². The topological polar surface area (TPSA) is 58.4 Å². The highest BCUT2D eigenvalue weighted by atomic mass is 16.2. The van der Waals surface area contributed by atoms with Gasteiger partial charge in [-0.05, 0) is 25.8 Å². The molecular weight excluding hydrogens is 292 g/mol. The number of likely N-dealkylation sites (tertiary alicyclic amines) is 1. The van der Waals surface area contributed by atoms with E-state index in [0.717, 1.165) is 25.1 Å². The van der Waals surface area contributed by atoms with Crippen LogP contribution in [0.3, 0.4) is 0 Å². The molecule has 1 atom stereocenters. The number of nitrogens with zero attached hydrogens (tertiary/aromatic N) is 4. The summed E-state index contributed by atoms with van der Waals surface area (Å²) in [6.45, 7) is 3.62. The van der Waals surface area contributed by atoms with Crippen LogP contribution >= 0.6 is 0 Å². The van der Waals surface area contributed by atoms with Crippen LogP contribution in [0, 0.1) is 12.8 Å². The molecule has 1 aliphatic carbocycles. The Labute approximate surface area is 137 Å². The molecule has 0 aromatic carbocycles. The second kappa shape index (κ2) is 6.72. The normalized spacial score (nSPS) is 22.1. The molecule has 23 heavy (non-hydrogen) atoms. The molecule has 2 heterocycles. The lowest BCUT2D eigenvalue weighted by Crippen LogP contribution is -2.37. The minimum atomic E-state index is 0.0415. The zero-order valence-electron chi connectivity index (χ0n) is 14.1. The third kappa shape index (κ3) is 3.74. The Morgan fingerprint density at radius 2 is 2.13 bits per heavy atom. The lowest BCUT2D eigenvalue weighted by molar-refractivity contribution is -0.132. The van der Waals surface area contributed by atoms with Crippen molar-refractivity contribution in [3.05, 3.63) is 18.0 Å². The van der Waals surface area contributed by atoms with Crippen LogP contribution < -0.4 is 0 Å². The molecule has 2 amide bonds. The van der Waals surface area contributed by atoms with Crippen LogP contribution in [-0.4, -0.2) is 57.6 Å². The van der Waals surface area contributed by atoms with Crippen LogP contribution in [0.25, 0.3) is 0 Å². The summed E-state index contributed by atoms with van der Waals surface area (Å²) in [5.41, 5.74) is 0.911. The van der Waals surface area contributed by atoms with Gasteiger partial charge in [-0.2, -0.15) is 5.10 Å². The molecule has 1 saturated carbocycles. The van der Waals surface area contributed by atoms with Gasteiger partial charge in [0.25, 0.3) is 0 Å². The molecule has 0 bridgehead atoms. The number of hydrogen-bond acceptors (Lipinski definition) is 3. The molecule has 0 unspecified atom stereocenters. The van der Waals surface area contributed by atoms with E-state index in [1.807, 2.05) is 26.2 Å². The van der Waals surface area contributed by atoms with Crippen LogP contribution in [0.5, 0.6) is 0 Å². The van der Waals surface area contributed by atoms with E-state index in [2.05, 4.69) is 10.00 Å². The molecule has 126 valence electrons. The summed E-state index contributed by atoms with van der Waals surface area (Å²) < 4.78 is 1.67. The molecule has 2 aliphatic rings. The molecular formula is C17H26N4O2. The first-order chi connectivity index (χ1) is 11.0. The van der Waals surface area contributed by atoms with Crippen LogP contribution in [0.15, 0.2) is 12.3 Å². The summed E-state index contributed by atoms with van der Waals surface area (Å²) in [4.78, 5) is 28.3. The van der Waals surface area contributed by atoms with Gasteiger partial charge < -0.3 is 9.80 Å². The van der Waals surface area contributed by atoms with Gasteiger partial charge in [-0.15, -0.1) is 0 Å². The number of rotatable bonds is 5. The van der Waals surface area contributed by atoms with Crippen molar-refractivity contribution in [2.75, 3.05) is 20.1 Å². The fourth-order valence-corrected chi connectivity index (χ4v) is 3.80. The number of carbonyl (C=O) groups is 2. The van der Waals surface area contributed by atoms with Crippen molar-refractivity contribution in [3.8, 4) is 0 Å². The van der Waals surface area contributed by atoms with Crippen molar-refractivity contribution < 1.29 is 9.59 Å². The number of hydrogen-bond donors (Lipinski definition) is 0. The molecule has 6 heteroatoms. The zero-order valence-corrected chi connectivity index (χ0v) is 14.1. The van der Waals surface area contributed by atoms with E-state index in [4.69, 9.17) is 0 Å². The van der Waals surface area contributed by atoms with Crippen LogP contribution in [0.1, 0.15) is 37.8 Å². The van der Waals surface area contributed by atoms with Crippen LogP contribution in [0.2, 0.25) is 0 Å². The maximum absolute atomic E-state index is 12.3. The SMILES string of the molecule is Cc1ccn(CC(=O)N(C)C[C@@H]2CC(=O)N(C3CCCC3)C2)n1. The van der Waals surface area contributed by atoms with E-state index in [1.165, 1.54) is 12.8 Å². The summed E-state index contributed by atoms with van der Waals surface area (Å²) in [7, 11) is 1.82. The predicted octanol–water partition coefficient (Wildman–Crippen LogP) is 1.44. The summed E-state index contributed by atoms with van der Waals surface area (Å²) in [6.07, 6.45) is 7.16. The largest absolute Gasteiger partial charge is 0.344 e. The van der Waals surface area contributed by atoms with Crippen LogP contribution in [-0.2, 0) is 16.1 Å². The first kappa shape index (κ1) is 16.0. The predicted molar refractivity (Wildman–Crippen MR) is 86.7 cm³/mol. The maximum Gasteiger partial charge on any atom is 0.244 e. The highest BCUT2D eigenvalue weighted by Gasteiger charge is 2.36. The molecule has 0 spiro atoms. The third-order valence-electron chi connectivity index (χ3n) is 5.03. The van der Waals surface area contributed by atoms with E-state index in [-0.39, 0.29) is 24.3 Å². The third-order valence-corrected chi connectivity index (χ3v) is 5.03. The van der Waals surface area contributed by atoms with E-state index >= 15 is 0 Å². The molecule has 0 radical (unpaired) electrons. The number of aromatic nitrogens is 2. The summed E-state index contributed by atoms with van der Waals surface area (Å²) in [6, 6.07) is 2.34. The number of aryl methyl sites for hydroxylation is 1. The average Bonchev–Trinajstić information content (AvgIpc) is 3.21. The summed E-state index contributed by atoms with van der Waals surface area (Å²) in [5, 5.41) is 4.25. The van der Waals surface area contributed by atoms with Crippen molar-refractivity contribution in [2.45, 2.75) is 51.6 Å². The lowest BCUT2D eigenvalue weighted by Gasteiger charge is -2.25. The fourth-order valence-electron chi connectivity index (χ4n) is 3.80. The first-order valence-electron chi connectivity index (χ1n) is 8.56. The number of carbonyl (C=O) groups excluding carboxylic acids is 2. The van der Waals surface area contributed by atoms with E-state index < -0.39 is 0 Å². The molecule has 2 fully saturated rings. The average molecular weight is 318 g/mol. The summed E-state index contributed by atoms with van der Waals surface area (Å²) in [5.74, 6) is 0.571. The second-order valence-electron chi connectivity index (χ2n) is 6.98. The monoisotopic (exact) mass is 318 g/mol. The van der Waals surface area contributed by atoms with Gasteiger partial charge in [0.15, 0.2) is 0 Å². The Hall–Kier alpha value is -1.85. The Kier molecular flexibility index (Phi) is 4.68. The van der Waals surface area contributed by atoms with E-state index in [9.17, 15) is 9.59 Å². The maximum atomic E-state index is 12.3. The van der Waals surface area contributed by atoms with Gasteiger partial charge in [0.05, 0.1) is 5.69 Å². The zero-order chi connectivity index (χ0) is 16.4. The smallest absolute Gasteiger partial charge is 0.244 e.